The van der Waals surface area contributed by atoms with E-state index >= 15 is 0 Å². The molecule has 0 bridgehead atoms. The van der Waals surface area contributed by atoms with Gasteiger partial charge >= 0.3 is 12.8 Å². The lowest BCUT2D eigenvalue weighted by molar-refractivity contribution is -0.138. The van der Waals surface area contributed by atoms with Crippen molar-refractivity contribution in [2.75, 3.05) is 0 Å². The molecule has 0 N–H and O–H groups in total. The van der Waals surface area contributed by atoms with Gasteiger partial charge in [0.25, 0.3) is 0 Å². The second-order valence-corrected chi connectivity index (χ2v) is 8.08. The van der Waals surface area contributed by atoms with E-state index in [1.165, 1.54) is 30.3 Å². The number of thioether (sulfide) groups is 1. The molecule has 3 rings (SSSR count). The summed E-state index contributed by atoms with van der Waals surface area (Å²) in [5.41, 5.74) is -1.02. The van der Waals surface area contributed by atoms with E-state index in [1.54, 1.807) is 18.2 Å². The molecule has 0 aliphatic carbocycles. The van der Waals surface area contributed by atoms with Gasteiger partial charge in [0.15, 0.2) is 0 Å². The van der Waals surface area contributed by atoms with Gasteiger partial charge in [-0.3, -0.25) is 0 Å². The third-order valence-corrected chi connectivity index (χ3v) is 5.77. The highest BCUT2D eigenvalue weighted by molar-refractivity contribution is 7.98. The van der Waals surface area contributed by atoms with Gasteiger partial charge in [-0.25, -0.2) is 4.98 Å². The quantitative estimate of drug-likeness (QED) is 0.253. The van der Waals surface area contributed by atoms with Crippen LogP contribution in [0.4, 0.5) is 22.0 Å². The lowest BCUT2D eigenvalue weighted by Crippen LogP contribution is -2.10. The molecule has 0 atom stereocenters. The molecule has 0 saturated carbocycles. The molecule has 0 saturated heterocycles. The monoisotopic (exact) mass is 504 g/mol. The van der Waals surface area contributed by atoms with Crippen LogP contribution in [-0.2, 0) is 11.9 Å². The molecule has 0 fully saturated rings. The predicted molar refractivity (Wildman–Crippen MR) is 112 cm³/mol. The summed E-state index contributed by atoms with van der Waals surface area (Å²) in [5.74, 6) is -0.0139. The fraction of sp³-hybridized carbons (Fsp3) is 0.143. The summed E-state index contributed by atoms with van der Waals surface area (Å²) < 4.78 is 69.9. The summed E-state index contributed by atoms with van der Waals surface area (Å²) >= 11 is 12.9. The summed E-state index contributed by atoms with van der Waals surface area (Å²) in [6.07, 6.45) is -4.81. The molecule has 0 aliphatic rings. The molecule has 0 aliphatic heterocycles. The summed E-state index contributed by atoms with van der Waals surface area (Å²) in [4.78, 5) is 4.22. The Balaban J connectivity index is 2.02. The Morgan fingerprint density at radius 1 is 1.06 bits per heavy atom. The molecule has 11 heteroatoms. The Bertz CT molecular complexity index is 1160. The molecule has 3 nitrogen and oxygen atoms in total. The zero-order chi connectivity index (χ0) is 23.5. The number of aromatic nitrogens is 1. The van der Waals surface area contributed by atoms with Crippen molar-refractivity contribution < 1.29 is 26.7 Å². The van der Waals surface area contributed by atoms with Crippen LogP contribution in [0, 0.1) is 11.3 Å². The van der Waals surface area contributed by atoms with Crippen LogP contribution in [0.3, 0.4) is 0 Å². The van der Waals surface area contributed by atoms with Crippen LogP contribution in [0.5, 0.6) is 5.75 Å². The largest absolute Gasteiger partial charge is 0.435 e. The van der Waals surface area contributed by atoms with Crippen molar-refractivity contribution in [1.29, 1.82) is 5.26 Å². The van der Waals surface area contributed by atoms with E-state index in [1.807, 2.05) is 0 Å². The van der Waals surface area contributed by atoms with Crippen molar-refractivity contribution in [3.8, 4) is 23.1 Å². The van der Waals surface area contributed by atoms with E-state index in [0.29, 0.717) is 15.6 Å². The van der Waals surface area contributed by atoms with Gasteiger partial charge in [0, 0.05) is 21.4 Å². The van der Waals surface area contributed by atoms with E-state index in [2.05, 4.69) is 9.72 Å². The highest BCUT2D eigenvalue weighted by Crippen LogP contribution is 2.39. The van der Waals surface area contributed by atoms with Crippen LogP contribution >= 0.6 is 35.0 Å². The molecule has 0 spiro atoms. The van der Waals surface area contributed by atoms with E-state index in [0.717, 1.165) is 17.8 Å². The van der Waals surface area contributed by atoms with Crippen LogP contribution in [0.15, 0.2) is 53.6 Å². The van der Waals surface area contributed by atoms with Gasteiger partial charge in [0.2, 0.25) is 0 Å². The number of ether oxygens (including phenoxy) is 1. The molecule has 2 aromatic carbocycles. The van der Waals surface area contributed by atoms with Gasteiger partial charge in [0.1, 0.15) is 16.8 Å². The van der Waals surface area contributed by atoms with Crippen molar-refractivity contribution in [3.05, 3.63) is 75.3 Å². The molecular formula is C21H11Cl2F5N2OS. The van der Waals surface area contributed by atoms with Gasteiger partial charge in [0.05, 0.1) is 16.8 Å². The van der Waals surface area contributed by atoms with E-state index in [4.69, 9.17) is 23.2 Å². The maximum atomic E-state index is 13.7. The standard InChI is InChI=1S/C21H11Cl2F5N2OS/c22-13-4-1-12(17(23)7-13)10-32-19-15(9-29)16(21(26,27)28)8-18(30-19)11-2-5-14(6-3-11)31-20(24)25/h1-8,20H,10H2. The molecule has 32 heavy (non-hydrogen) atoms. The Kier molecular flexibility index (Phi) is 7.49. The number of halogens is 7. The van der Waals surface area contributed by atoms with E-state index in [-0.39, 0.29) is 27.8 Å². The summed E-state index contributed by atoms with van der Waals surface area (Å²) in [6, 6.07) is 12.0. The molecule has 3 aromatic rings. The first kappa shape index (κ1) is 24.1. The highest BCUT2D eigenvalue weighted by Gasteiger charge is 2.36. The summed E-state index contributed by atoms with van der Waals surface area (Å²) in [5, 5.41) is 9.98. The average molecular weight is 505 g/mol. The second-order valence-electron chi connectivity index (χ2n) is 6.27. The average Bonchev–Trinajstić information content (AvgIpc) is 2.72. The van der Waals surface area contributed by atoms with Gasteiger partial charge in [-0.2, -0.15) is 27.2 Å². The smallest absolute Gasteiger partial charge is 0.417 e. The zero-order valence-electron chi connectivity index (χ0n) is 15.8. The van der Waals surface area contributed by atoms with Gasteiger partial charge in [-0.05, 0) is 48.0 Å². The highest BCUT2D eigenvalue weighted by atomic mass is 35.5. The summed E-state index contributed by atoms with van der Waals surface area (Å²) in [7, 11) is 0. The van der Waals surface area contributed by atoms with E-state index < -0.39 is 23.9 Å². The lowest BCUT2D eigenvalue weighted by Gasteiger charge is -2.15. The number of hydrogen-bond acceptors (Lipinski definition) is 4. The Morgan fingerprint density at radius 2 is 1.75 bits per heavy atom. The van der Waals surface area contributed by atoms with E-state index in [9.17, 15) is 27.2 Å². The van der Waals surface area contributed by atoms with Crippen LogP contribution in [0.25, 0.3) is 11.3 Å². The Morgan fingerprint density at radius 3 is 2.31 bits per heavy atom. The van der Waals surface area contributed by atoms with Crippen LogP contribution in [0.2, 0.25) is 10.0 Å². The molecule has 166 valence electrons. The Labute approximate surface area is 193 Å². The fourth-order valence-electron chi connectivity index (χ4n) is 2.70. The first-order chi connectivity index (χ1) is 15.1. The SMILES string of the molecule is N#Cc1c(C(F)(F)F)cc(-c2ccc(OC(F)F)cc2)nc1SCc1ccc(Cl)cc1Cl. The zero-order valence-corrected chi connectivity index (χ0v) is 18.1. The lowest BCUT2D eigenvalue weighted by atomic mass is 10.1. The number of alkyl halides is 5. The maximum Gasteiger partial charge on any atom is 0.417 e. The first-order valence-corrected chi connectivity index (χ1v) is 10.5. The maximum absolute atomic E-state index is 13.7. The molecule has 0 amide bonds. The molecular weight excluding hydrogens is 494 g/mol. The normalized spacial score (nSPS) is 11.5. The molecule has 1 aromatic heterocycles. The third kappa shape index (κ3) is 5.82. The molecule has 0 unspecified atom stereocenters. The van der Waals surface area contributed by atoms with Crippen LogP contribution < -0.4 is 4.74 Å². The fourth-order valence-corrected chi connectivity index (χ4v) is 4.26. The topological polar surface area (TPSA) is 45.9 Å². The number of benzene rings is 2. The van der Waals surface area contributed by atoms with Gasteiger partial charge in [-0.1, -0.05) is 29.3 Å². The first-order valence-electron chi connectivity index (χ1n) is 8.73. The summed E-state index contributed by atoms with van der Waals surface area (Å²) in [6.45, 7) is -3.03. The Hall–Kier alpha value is -2.54. The number of rotatable bonds is 6. The second kappa shape index (κ2) is 9.94. The minimum atomic E-state index is -4.81. The minimum absolute atomic E-state index is 0.0791. The number of nitrogens with zero attached hydrogens (tertiary/aromatic N) is 2. The number of pyridine rings is 1. The van der Waals surface area contributed by atoms with Gasteiger partial charge < -0.3 is 4.74 Å². The van der Waals surface area contributed by atoms with Crippen molar-refractivity contribution >= 4 is 35.0 Å². The van der Waals surface area contributed by atoms with Crippen molar-refractivity contribution in [3.63, 3.8) is 0 Å². The van der Waals surface area contributed by atoms with Crippen LogP contribution in [0.1, 0.15) is 16.7 Å². The third-order valence-electron chi connectivity index (χ3n) is 4.16. The molecule has 0 radical (unpaired) electrons. The predicted octanol–water partition coefficient (Wildman–Crippen LogP) is 7.84. The molecule has 1 heterocycles. The van der Waals surface area contributed by atoms with Crippen molar-refractivity contribution in [2.45, 2.75) is 23.6 Å². The van der Waals surface area contributed by atoms with Gasteiger partial charge in [-0.15, -0.1) is 11.8 Å². The number of nitriles is 1. The van der Waals surface area contributed by atoms with Crippen molar-refractivity contribution in [2.24, 2.45) is 0 Å². The van der Waals surface area contributed by atoms with Crippen molar-refractivity contribution in [1.82, 2.24) is 4.98 Å². The van der Waals surface area contributed by atoms with Crippen LogP contribution in [-0.4, -0.2) is 11.6 Å². The minimum Gasteiger partial charge on any atom is -0.435 e. The number of hydrogen-bond donors (Lipinski definition) is 0.